The minimum absolute atomic E-state index is 0.681. The molecule has 1 aliphatic carbocycles. The monoisotopic (exact) mass is 330 g/mol. The summed E-state index contributed by atoms with van der Waals surface area (Å²) < 4.78 is 1.16. The number of aromatic nitrogens is 1. The minimum atomic E-state index is 0.681. The predicted octanol–water partition coefficient (Wildman–Crippen LogP) is 3.92. The van der Waals surface area contributed by atoms with Crippen molar-refractivity contribution in [3.8, 4) is 0 Å². The number of hydrogen-bond acceptors (Lipinski definition) is 2. The number of rotatable bonds is 5. The van der Waals surface area contributed by atoms with Gasteiger partial charge < -0.3 is 5.32 Å². The SMILES string of the molecule is Brc1ccc(C2CC(NCCc3cccnc3)C2)cc1. The third-order valence-electron chi connectivity index (χ3n) is 4.05. The van der Waals surface area contributed by atoms with Crippen molar-refractivity contribution < 1.29 is 0 Å². The lowest BCUT2D eigenvalue weighted by Crippen LogP contribution is -2.40. The molecule has 0 unspecified atom stereocenters. The maximum Gasteiger partial charge on any atom is 0.0300 e. The van der Waals surface area contributed by atoms with E-state index in [1.807, 2.05) is 18.5 Å². The fourth-order valence-electron chi connectivity index (χ4n) is 2.76. The second-order valence-corrected chi connectivity index (χ2v) is 6.40. The van der Waals surface area contributed by atoms with E-state index in [9.17, 15) is 0 Å². The highest BCUT2D eigenvalue weighted by Gasteiger charge is 2.29. The van der Waals surface area contributed by atoms with Crippen LogP contribution in [0.1, 0.15) is 29.9 Å². The Morgan fingerprint density at radius 3 is 2.65 bits per heavy atom. The number of benzene rings is 1. The van der Waals surface area contributed by atoms with Crippen LogP contribution in [0.15, 0.2) is 53.3 Å². The first-order valence-electron chi connectivity index (χ1n) is 7.19. The van der Waals surface area contributed by atoms with Crippen LogP contribution in [-0.2, 0) is 6.42 Å². The lowest BCUT2D eigenvalue weighted by atomic mass is 9.76. The molecule has 0 radical (unpaired) electrons. The second kappa shape index (κ2) is 6.51. The highest BCUT2D eigenvalue weighted by molar-refractivity contribution is 9.10. The Morgan fingerprint density at radius 1 is 1.15 bits per heavy atom. The molecule has 2 nitrogen and oxygen atoms in total. The van der Waals surface area contributed by atoms with Gasteiger partial charge in [0.1, 0.15) is 0 Å². The summed E-state index contributed by atoms with van der Waals surface area (Å²) in [5.41, 5.74) is 2.78. The molecule has 1 aromatic heterocycles. The van der Waals surface area contributed by atoms with Gasteiger partial charge in [-0.1, -0.05) is 34.1 Å². The quantitative estimate of drug-likeness (QED) is 0.898. The summed E-state index contributed by atoms with van der Waals surface area (Å²) in [5.74, 6) is 0.735. The zero-order valence-electron chi connectivity index (χ0n) is 11.4. The van der Waals surface area contributed by atoms with E-state index >= 15 is 0 Å². The van der Waals surface area contributed by atoms with E-state index < -0.39 is 0 Å². The molecule has 0 bridgehead atoms. The van der Waals surface area contributed by atoms with Gasteiger partial charge in [0, 0.05) is 22.9 Å². The molecule has 20 heavy (non-hydrogen) atoms. The van der Waals surface area contributed by atoms with Crippen molar-refractivity contribution in [3.05, 3.63) is 64.4 Å². The van der Waals surface area contributed by atoms with Gasteiger partial charge in [0.25, 0.3) is 0 Å². The molecule has 2 aromatic rings. The summed E-state index contributed by atoms with van der Waals surface area (Å²) in [6.07, 6.45) is 7.36. The number of halogens is 1. The lowest BCUT2D eigenvalue weighted by molar-refractivity contribution is 0.293. The summed E-state index contributed by atoms with van der Waals surface area (Å²) >= 11 is 3.49. The molecule has 0 spiro atoms. The molecule has 0 aliphatic heterocycles. The fourth-order valence-corrected chi connectivity index (χ4v) is 3.02. The first-order chi connectivity index (χ1) is 9.81. The molecule has 3 heteroatoms. The zero-order chi connectivity index (χ0) is 13.8. The molecule has 3 rings (SSSR count). The third kappa shape index (κ3) is 3.47. The van der Waals surface area contributed by atoms with Crippen LogP contribution in [-0.4, -0.2) is 17.6 Å². The lowest BCUT2D eigenvalue weighted by Gasteiger charge is -2.36. The molecule has 0 amide bonds. The van der Waals surface area contributed by atoms with E-state index in [1.54, 1.807) is 0 Å². The van der Waals surface area contributed by atoms with E-state index in [2.05, 4.69) is 56.6 Å². The molecule has 104 valence electrons. The molecule has 0 saturated heterocycles. The summed E-state index contributed by atoms with van der Waals surface area (Å²) in [4.78, 5) is 4.14. The van der Waals surface area contributed by atoms with Crippen molar-refractivity contribution in [3.63, 3.8) is 0 Å². The zero-order valence-corrected chi connectivity index (χ0v) is 13.0. The van der Waals surface area contributed by atoms with Crippen molar-refractivity contribution in [2.45, 2.75) is 31.2 Å². The van der Waals surface area contributed by atoms with Crippen LogP contribution in [0.5, 0.6) is 0 Å². The van der Waals surface area contributed by atoms with Crippen molar-refractivity contribution in [1.82, 2.24) is 10.3 Å². The van der Waals surface area contributed by atoms with Crippen LogP contribution in [0.25, 0.3) is 0 Å². The minimum Gasteiger partial charge on any atom is -0.314 e. The average Bonchev–Trinajstić information content (AvgIpc) is 2.44. The Morgan fingerprint density at radius 2 is 1.95 bits per heavy atom. The van der Waals surface area contributed by atoms with Crippen LogP contribution in [0.4, 0.5) is 0 Å². The van der Waals surface area contributed by atoms with Crippen molar-refractivity contribution in [2.75, 3.05) is 6.54 Å². The van der Waals surface area contributed by atoms with Gasteiger partial charge in [0.2, 0.25) is 0 Å². The summed E-state index contributed by atoms with van der Waals surface area (Å²) in [6, 6.07) is 13.6. The van der Waals surface area contributed by atoms with Gasteiger partial charge in [-0.25, -0.2) is 0 Å². The van der Waals surface area contributed by atoms with E-state index in [0.717, 1.165) is 23.4 Å². The molecule has 1 fully saturated rings. The van der Waals surface area contributed by atoms with Crippen molar-refractivity contribution >= 4 is 15.9 Å². The van der Waals surface area contributed by atoms with E-state index in [-0.39, 0.29) is 0 Å². The van der Waals surface area contributed by atoms with Crippen LogP contribution in [0.2, 0.25) is 0 Å². The summed E-state index contributed by atoms with van der Waals surface area (Å²) in [7, 11) is 0. The van der Waals surface area contributed by atoms with Crippen LogP contribution in [0, 0.1) is 0 Å². The molecule has 1 heterocycles. The average molecular weight is 331 g/mol. The van der Waals surface area contributed by atoms with Crippen LogP contribution in [0.3, 0.4) is 0 Å². The van der Waals surface area contributed by atoms with E-state index in [0.29, 0.717) is 6.04 Å². The van der Waals surface area contributed by atoms with E-state index in [4.69, 9.17) is 0 Å². The first kappa shape index (κ1) is 13.8. The Balaban J connectivity index is 1.39. The summed E-state index contributed by atoms with van der Waals surface area (Å²) in [5, 5.41) is 3.64. The largest absolute Gasteiger partial charge is 0.314 e. The highest BCUT2D eigenvalue weighted by atomic mass is 79.9. The number of pyridine rings is 1. The topological polar surface area (TPSA) is 24.9 Å². The molecule has 1 N–H and O–H groups in total. The molecule has 1 saturated carbocycles. The molecular weight excluding hydrogens is 312 g/mol. The third-order valence-corrected chi connectivity index (χ3v) is 4.58. The number of hydrogen-bond donors (Lipinski definition) is 1. The molecule has 0 atom stereocenters. The Labute approximate surface area is 128 Å². The van der Waals surface area contributed by atoms with Crippen LogP contribution >= 0.6 is 15.9 Å². The van der Waals surface area contributed by atoms with Crippen LogP contribution < -0.4 is 5.32 Å². The van der Waals surface area contributed by atoms with Gasteiger partial charge in [-0.05, 0) is 61.1 Å². The summed E-state index contributed by atoms with van der Waals surface area (Å²) in [6.45, 7) is 1.05. The number of nitrogens with zero attached hydrogens (tertiary/aromatic N) is 1. The van der Waals surface area contributed by atoms with Gasteiger partial charge in [-0.3, -0.25) is 4.98 Å². The Hall–Kier alpha value is -1.19. The van der Waals surface area contributed by atoms with Gasteiger partial charge in [-0.15, -0.1) is 0 Å². The van der Waals surface area contributed by atoms with Gasteiger partial charge in [0.15, 0.2) is 0 Å². The van der Waals surface area contributed by atoms with Crippen molar-refractivity contribution in [2.24, 2.45) is 0 Å². The maximum absolute atomic E-state index is 4.14. The standard InChI is InChI=1S/C17H19BrN2/c18-16-5-3-14(4-6-16)15-10-17(11-15)20-9-7-13-2-1-8-19-12-13/h1-6,8,12,15,17,20H,7,9-11H2. The first-order valence-corrected chi connectivity index (χ1v) is 7.98. The van der Waals surface area contributed by atoms with Gasteiger partial charge >= 0.3 is 0 Å². The highest BCUT2D eigenvalue weighted by Crippen LogP contribution is 2.37. The fraction of sp³-hybridized carbons (Fsp3) is 0.353. The van der Waals surface area contributed by atoms with Gasteiger partial charge in [0.05, 0.1) is 0 Å². The number of nitrogens with one attached hydrogen (secondary N) is 1. The smallest absolute Gasteiger partial charge is 0.0300 e. The Bertz CT molecular complexity index is 533. The molecular formula is C17H19BrN2. The molecule has 1 aliphatic rings. The predicted molar refractivity (Wildman–Crippen MR) is 85.8 cm³/mol. The van der Waals surface area contributed by atoms with E-state index in [1.165, 1.54) is 24.0 Å². The normalized spacial score (nSPS) is 21.4. The second-order valence-electron chi connectivity index (χ2n) is 5.48. The molecule has 1 aromatic carbocycles. The van der Waals surface area contributed by atoms with Gasteiger partial charge in [-0.2, -0.15) is 0 Å². The van der Waals surface area contributed by atoms with Crippen molar-refractivity contribution in [1.29, 1.82) is 0 Å². The Kier molecular flexibility index (Phi) is 4.48. The maximum atomic E-state index is 4.14.